The fourth-order valence-corrected chi connectivity index (χ4v) is 2.72. The number of nitrogens with one attached hydrogen (secondary N) is 3. The first-order chi connectivity index (χ1) is 14.4. The van der Waals surface area contributed by atoms with Gasteiger partial charge in [-0.2, -0.15) is 11.8 Å². The Kier molecular flexibility index (Phi) is 12.9. The van der Waals surface area contributed by atoms with Gasteiger partial charge >= 0.3 is 11.9 Å². The van der Waals surface area contributed by atoms with Crippen LogP contribution in [0.4, 0.5) is 0 Å². The summed E-state index contributed by atoms with van der Waals surface area (Å²) in [6.07, 6.45) is 0.759. The molecule has 4 amide bonds. The highest BCUT2D eigenvalue weighted by molar-refractivity contribution is 7.98. The minimum absolute atomic E-state index is 0.153. The number of aliphatic carboxylic acids is 2. The molecule has 0 heterocycles. The normalized spacial score (nSPS) is 14.4. The Hall–Kier alpha value is -2.87. The van der Waals surface area contributed by atoms with Crippen molar-refractivity contribution in [1.82, 2.24) is 16.0 Å². The van der Waals surface area contributed by atoms with Gasteiger partial charge < -0.3 is 37.6 Å². The molecule has 13 nitrogen and oxygen atoms in total. The Morgan fingerprint density at radius 3 is 1.94 bits per heavy atom. The smallest absolute Gasteiger partial charge is 0.325 e. The van der Waals surface area contributed by atoms with Gasteiger partial charge in [0.05, 0.1) is 12.5 Å². The zero-order valence-corrected chi connectivity index (χ0v) is 18.1. The van der Waals surface area contributed by atoms with Crippen molar-refractivity contribution in [3.63, 3.8) is 0 Å². The van der Waals surface area contributed by atoms with Crippen LogP contribution in [-0.4, -0.2) is 82.0 Å². The van der Waals surface area contributed by atoms with Crippen LogP contribution in [0.25, 0.3) is 0 Å². The average molecular weight is 464 g/mol. The van der Waals surface area contributed by atoms with Crippen LogP contribution in [0.15, 0.2) is 0 Å². The Morgan fingerprint density at radius 2 is 1.45 bits per heavy atom. The zero-order valence-electron chi connectivity index (χ0n) is 17.3. The van der Waals surface area contributed by atoms with Gasteiger partial charge in [-0.1, -0.05) is 0 Å². The monoisotopic (exact) mass is 463 g/mol. The molecule has 0 aromatic rings. The number of hydrogen-bond donors (Lipinski definition) is 7. The van der Waals surface area contributed by atoms with Gasteiger partial charge in [0.15, 0.2) is 0 Å². The van der Waals surface area contributed by atoms with Crippen molar-refractivity contribution in [1.29, 1.82) is 0 Å². The van der Waals surface area contributed by atoms with E-state index in [-0.39, 0.29) is 19.3 Å². The molecule has 0 saturated carbocycles. The van der Waals surface area contributed by atoms with Gasteiger partial charge in [-0.05, 0) is 31.8 Å². The van der Waals surface area contributed by atoms with Gasteiger partial charge in [0, 0.05) is 6.42 Å². The van der Waals surface area contributed by atoms with Crippen molar-refractivity contribution < 1.29 is 39.0 Å². The second kappa shape index (κ2) is 14.2. The Bertz CT molecular complexity index is 689. The van der Waals surface area contributed by atoms with E-state index in [0.29, 0.717) is 5.75 Å². The molecule has 0 aliphatic rings. The fourth-order valence-electron chi connectivity index (χ4n) is 2.25. The van der Waals surface area contributed by atoms with Crippen molar-refractivity contribution >= 4 is 47.3 Å². The molecule has 4 atom stereocenters. The quantitative estimate of drug-likeness (QED) is 0.133. The third-order valence-electron chi connectivity index (χ3n) is 4.02. The summed E-state index contributed by atoms with van der Waals surface area (Å²) < 4.78 is 0. The van der Waals surface area contributed by atoms with Crippen molar-refractivity contribution in [2.75, 3.05) is 12.0 Å². The summed E-state index contributed by atoms with van der Waals surface area (Å²) in [7, 11) is 0. The number of carbonyl (C=O) groups excluding carboxylic acids is 4. The number of carboxylic acids is 2. The summed E-state index contributed by atoms with van der Waals surface area (Å²) in [5, 5.41) is 24.5. The third-order valence-corrected chi connectivity index (χ3v) is 4.66. The van der Waals surface area contributed by atoms with E-state index in [0.717, 1.165) is 0 Å². The van der Waals surface area contributed by atoms with Crippen molar-refractivity contribution in [3.8, 4) is 0 Å². The molecule has 0 aromatic heterocycles. The number of thioether (sulfide) groups is 1. The van der Waals surface area contributed by atoms with E-state index in [2.05, 4.69) is 16.0 Å². The molecule has 0 aliphatic heterocycles. The van der Waals surface area contributed by atoms with E-state index in [1.807, 2.05) is 0 Å². The van der Waals surface area contributed by atoms with Crippen molar-refractivity contribution in [3.05, 3.63) is 0 Å². The Balaban J connectivity index is 5.29. The minimum atomic E-state index is -1.46. The van der Waals surface area contributed by atoms with Crippen LogP contribution < -0.4 is 27.4 Å². The summed E-state index contributed by atoms with van der Waals surface area (Å²) in [5.74, 6) is -5.41. The highest BCUT2D eigenvalue weighted by Gasteiger charge is 2.30. The molecule has 176 valence electrons. The van der Waals surface area contributed by atoms with Crippen molar-refractivity contribution in [2.45, 2.75) is 56.8 Å². The van der Waals surface area contributed by atoms with E-state index in [1.54, 1.807) is 6.26 Å². The first kappa shape index (κ1) is 28.1. The van der Waals surface area contributed by atoms with E-state index in [4.69, 9.17) is 21.7 Å². The summed E-state index contributed by atoms with van der Waals surface area (Å²) in [5.41, 5.74) is 10.7. The van der Waals surface area contributed by atoms with Gasteiger partial charge in [0.2, 0.25) is 23.6 Å². The van der Waals surface area contributed by atoms with Crippen LogP contribution >= 0.6 is 11.8 Å². The topological polar surface area (TPSA) is 231 Å². The molecule has 31 heavy (non-hydrogen) atoms. The standard InChI is InChI=1S/C17H29N5O8S/c1-8(17(29)30)20-15(27)10(5-6-31-2)21-16(28)11(7-12(19)23)22-14(26)9(18)3-4-13(24)25/h8-11H,3-7,18H2,1-2H3,(H2,19,23)(H,20,27)(H,21,28)(H,22,26)(H,24,25)(H,29,30). The highest BCUT2D eigenvalue weighted by Crippen LogP contribution is 2.04. The Labute approximate surface area is 183 Å². The first-order valence-corrected chi connectivity index (χ1v) is 10.7. The molecule has 0 aromatic carbocycles. The van der Waals surface area contributed by atoms with Gasteiger partial charge in [-0.15, -0.1) is 0 Å². The molecule has 0 saturated heterocycles. The van der Waals surface area contributed by atoms with Gasteiger partial charge in [0.25, 0.3) is 0 Å². The van der Waals surface area contributed by atoms with Gasteiger partial charge in [-0.3, -0.25) is 28.8 Å². The number of carboxylic acid groups (broad SMARTS) is 2. The van der Waals surface area contributed by atoms with Crippen LogP contribution in [0.2, 0.25) is 0 Å². The lowest BCUT2D eigenvalue weighted by atomic mass is 10.1. The molecule has 0 aliphatic carbocycles. The lowest BCUT2D eigenvalue weighted by Gasteiger charge is -2.24. The van der Waals surface area contributed by atoms with E-state index in [9.17, 15) is 28.8 Å². The summed E-state index contributed by atoms with van der Waals surface area (Å²) in [4.78, 5) is 70.0. The van der Waals surface area contributed by atoms with E-state index in [1.165, 1.54) is 18.7 Å². The fraction of sp³-hybridized carbons (Fsp3) is 0.647. The molecule has 14 heteroatoms. The number of rotatable bonds is 15. The number of carbonyl (C=O) groups is 6. The van der Waals surface area contributed by atoms with Crippen LogP contribution in [0.1, 0.15) is 32.6 Å². The second-order valence-corrected chi connectivity index (χ2v) is 7.67. The largest absolute Gasteiger partial charge is 0.481 e. The second-order valence-electron chi connectivity index (χ2n) is 6.68. The third kappa shape index (κ3) is 11.8. The molecule has 0 bridgehead atoms. The number of nitrogens with two attached hydrogens (primary N) is 2. The molecule has 0 fully saturated rings. The molecule has 9 N–H and O–H groups in total. The van der Waals surface area contributed by atoms with E-state index >= 15 is 0 Å². The lowest BCUT2D eigenvalue weighted by Crippen LogP contribution is -2.57. The van der Waals surface area contributed by atoms with Gasteiger partial charge in [-0.25, -0.2) is 0 Å². The van der Waals surface area contributed by atoms with Crippen LogP contribution in [-0.2, 0) is 28.8 Å². The first-order valence-electron chi connectivity index (χ1n) is 9.27. The van der Waals surface area contributed by atoms with Crippen molar-refractivity contribution in [2.24, 2.45) is 11.5 Å². The maximum atomic E-state index is 12.6. The lowest BCUT2D eigenvalue weighted by molar-refractivity contribution is -0.142. The SMILES string of the molecule is CSCCC(NC(=O)C(CC(N)=O)NC(=O)C(N)CCC(=O)O)C(=O)NC(C)C(=O)O. The zero-order chi connectivity index (χ0) is 24.1. The average Bonchev–Trinajstić information content (AvgIpc) is 2.67. The maximum Gasteiger partial charge on any atom is 0.325 e. The Morgan fingerprint density at radius 1 is 0.903 bits per heavy atom. The number of primary amides is 1. The maximum absolute atomic E-state index is 12.6. The highest BCUT2D eigenvalue weighted by atomic mass is 32.2. The molecular formula is C17H29N5O8S. The minimum Gasteiger partial charge on any atom is -0.481 e. The van der Waals surface area contributed by atoms with Crippen LogP contribution in [0.3, 0.4) is 0 Å². The van der Waals surface area contributed by atoms with E-state index < -0.39 is 66.2 Å². The molecule has 0 spiro atoms. The van der Waals surface area contributed by atoms with Crippen LogP contribution in [0.5, 0.6) is 0 Å². The molecule has 0 radical (unpaired) electrons. The summed E-state index contributed by atoms with van der Waals surface area (Å²) in [6.45, 7) is 1.25. The number of hydrogen-bond acceptors (Lipinski definition) is 8. The molecular weight excluding hydrogens is 434 g/mol. The predicted octanol–water partition coefficient (Wildman–Crippen LogP) is -2.63. The predicted molar refractivity (Wildman–Crippen MR) is 111 cm³/mol. The molecule has 0 rings (SSSR count). The molecule has 4 unspecified atom stereocenters. The van der Waals surface area contributed by atoms with Gasteiger partial charge in [0.1, 0.15) is 18.1 Å². The van der Waals surface area contributed by atoms with Crippen LogP contribution in [0, 0.1) is 0 Å². The summed E-state index contributed by atoms with van der Waals surface area (Å²) >= 11 is 1.39. The number of amides is 4. The summed E-state index contributed by atoms with van der Waals surface area (Å²) in [6, 6.07) is -5.03.